The number of cyclic esters (lactones) is 2. The van der Waals surface area contributed by atoms with Crippen molar-refractivity contribution in [3.8, 4) is 0 Å². The number of esters is 2. The largest absolute Gasteiger partial charge is 0.457 e. The molecular formula is C18H16O4. The summed E-state index contributed by atoms with van der Waals surface area (Å²) in [5, 5.41) is 0. The minimum atomic E-state index is -0.194. The molecule has 0 saturated carbocycles. The number of hydrogen-bond donors (Lipinski definition) is 0. The summed E-state index contributed by atoms with van der Waals surface area (Å²) in [7, 11) is 0. The molecule has 112 valence electrons. The number of hydrogen-bond acceptors (Lipinski definition) is 4. The van der Waals surface area contributed by atoms with E-state index < -0.39 is 0 Å². The van der Waals surface area contributed by atoms with Crippen LogP contribution in [0, 0.1) is 13.8 Å². The van der Waals surface area contributed by atoms with Gasteiger partial charge in [-0.25, -0.2) is 9.59 Å². The third-order valence-corrected chi connectivity index (χ3v) is 3.68. The van der Waals surface area contributed by atoms with Crippen molar-refractivity contribution >= 4 is 11.9 Å². The molecule has 0 atom stereocenters. The second-order valence-corrected chi connectivity index (χ2v) is 5.47. The van der Waals surface area contributed by atoms with E-state index >= 15 is 0 Å². The number of aryl methyl sites for hydroxylation is 2. The molecule has 22 heavy (non-hydrogen) atoms. The lowest BCUT2D eigenvalue weighted by Crippen LogP contribution is -1.92. The standard InChI is InChI=1S/2C9H8O2/c2*1-6-2-3-8-7(4-6)5-11-9(8)10/h2*2-4H,5H2,1H3. The molecule has 0 aliphatic carbocycles. The SMILES string of the molecule is Cc1ccc2c(c1)COC2=O.Cc1ccc2c(c1)COC2=O. The van der Waals surface area contributed by atoms with Gasteiger partial charge in [0.15, 0.2) is 0 Å². The molecular weight excluding hydrogens is 280 g/mol. The van der Waals surface area contributed by atoms with Crippen LogP contribution in [-0.4, -0.2) is 11.9 Å². The second kappa shape index (κ2) is 5.64. The first-order chi connectivity index (χ1) is 10.5. The summed E-state index contributed by atoms with van der Waals surface area (Å²) in [5.74, 6) is -0.389. The first-order valence-corrected chi connectivity index (χ1v) is 7.08. The molecule has 0 aromatic heterocycles. The molecule has 0 fully saturated rings. The van der Waals surface area contributed by atoms with Crippen LogP contribution >= 0.6 is 0 Å². The monoisotopic (exact) mass is 296 g/mol. The molecule has 0 saturated heterocycles. The number of benzene rings is 2. The molecule has 0 bridgehead atoms. The third-order valence-electron chi connectivity index (χ3n) is 3.68. The van der Waals surface area contributed by atoms with Gasteiger partial charge in [-0.15, -0.1) is 0 Å². The maximum atomic E-state index is 11.0. The van der Waals surface area contributed by atoms with E-state index in [0.29, 0.717) is 13.2 Å². The van der Waals surface area contributed by atoms with Crippen molar-refractivity contribution in [1.29, 1.82) is 0 Å². The summed E-state index contributed by atoms with van der Waals surface area (Å²) in [6, 6.07) is 11.5. The number of ether oxygens (including phenoxy) is 2. The molecule has 2 aliphatic heterocycles. The number of fused-ring (bicyclic) bond motifs is 2. The van der Waals surface area contributed by atoms with Crippen LogP contribution in [0.3, 0.4) is 0 Å². The third kappa shape index (κ3) is 2.72. The highest BCUT2D eigenvalue weighted by Gasteiger charge is 2.20. The highest BCUT2D eigenvalue weighted by molar-refractivity contribution is 5.93. The summed E-state index contributed by atoms with van der Waals surface area (Å²) in [6.45, 7) is 4.89. The predicted molar refractivity (Wildman–Crippen MR) is 80.6 cm³/mol. The Morgan fingerprint density at radius 3 is 1.55 bits per heavy atom. The molecule has 4 nitrogen and oxygen atoms in total. The van der Waals surface area contributed by atoms with E-state index in [1.807, 2.05) is 50.2 Å². The van der Waals surface area contributed by atoms with Gasteiger partial charge < -0.3 is 9.47 Å². The van der Waals surface area contributed by atoms with Gasteiger partial charge in [0.05, 0.1) is 11.1 Å². The summed E-state index contributed by atoms with van der Waals surface area (Å²) in [4.78, 5) is 21.9. The Hall–Kier alpha value is -2.62. The molecule has 0 amide bonds. The maximum Gasteiger partial charge on any atom is 0.338 e. The summed E-state index contributed by atoms with van der Waals surface area (Å²) in [6.07, 6.45) is 0. The smallest absolute Gasteiger partial charge is 0.338 e. The van der Waals surface area contributed by atoms with E-state index in [9.17, 15) is 9.59 Å². The van der Waals surface area contributed by atoms with Crippen molar-refractivity contribution in [2.75, 3.05) is 0 Å². The fourth-order valence-electron chi connectivity index (χ4n) is 2.52. The van der Waals surface area contributed by atoms with Crippen LogP contribution in [0.4, 0.5) is 0 Å². The normalized spacial score (nSPS) is 14.5. The van der Waals surface area contributed by atoms with Crippen LogP contribution in [0.2, 0.25) is 0 Å². The zero-order chi connectivity index (χ0) is 15.7. The van der Waals surface area contributed by atoms with Crippen molar-refractivity contribution in [1.82, 2.24) is 0 Å². The van der Waals surface area contributed by atoms with E-state index in [2.05, 4.69) is 0 Å². The Kier molecular flexibility index (Phi) is 3.67. The second-order valence-electron chi connectivity index (χ2n) is 5.47. The van der Waals surface area contributed by atoms with E-state index in [1.54, 1.807) is 0 Å². The summed E-state index contributed by atoms with van der Waals surface area (Å²) < 4.78 is 9.68. The first-order valence-electron chi connectivity index (χ1n) is 7.08. The van der Waals surface area contributed by atoms with Crippen molar-refractivity contribution in [2.24, 2.45) is 0 Å². The van der Waals surface area contributed by atoms with Crippen molar-refractivity contribution in [3.05, 3.63) is 69.8 Å². The maximum absolute atomic E-state index is 11.0. The van der Waals surface area contributed by atoms with Gasteiger partial charge in [0.2, 0.25) is 0 Å². The van der Waals surface area contributed by atoms with Crippen LogP contribution in [0.5, 0.6) is 0 Å². The van der Waals surface area contributed by atoms with Gasteiger partial charge in [-0.1, -0.05) is 35.4 Å². The zero-order valence-corrected chi connectivity index (χ0v) is 12.5. The van der Waals surface area contributed by atoms with Gasteiger partial charge in [0.1, 0.15) is 13.2 Å². The van der Waals surface area contributed by atoms with Crippen LogP contribution in [0.15, 0.2) is 36.4 Å². The lowest BCUT2D eigenvalue weighted by atomic mass is 10.1. The minimum absolute atomic E-state index is 0.194. The van der Waals surface area contributed by atoms with Gasteiger partial charge in [0, 0.05) is 11.1 Å². The molecule has 0 N–H and O–H groups in total. The molecule has 0 spiro atoms. The molecule has 2 heterocycles. The van der Waals surface area contributed by atoms with Gasteiger partial charge in [-0.2, -0.15) is 0 Å². The Balaban J connectivity index is 0.000000131. The molecule has 0 radical (unpaired) electrons. The average Bonchev–Trinajstić information content (AvgIpc) is 3.03. The van der Waals surface area contributed by atoms with Crippen molar-refractivity contribution in [2.45, 2.75) is 27.1 Å². The van der Waals surface area contributed by atoms with Gasteiger partial charge in [-0.05, 0) is 26.0 Å². The minimum Gasteiger partial charge on any atom is -0.457 e. The van der Waals surface area contributed by atoms with Gasteiger partial charge >= 0.3 is 11.9 Å². The summed E-state index contributed by atoms with van der Waals surface area (Å²) in [5.41, 5.74) is 5.79. The van der Waals surface area contributed by atoms with E-state index in [1.165, 1.54) is 11.1 Å². The van der Waals surface area contributed by atoms with Crippen molar-refractivity contribution < 1.29 is 19.1 Å². The van der Waals surface area contributed by atoms with E-state index in [4.69, 9.17) is 9.47 Å². The van der Waals surface area contributed by atoms with Crippen LogP contribution < -0.4 is 0 Å². The first kappa shape index (κ1) is 14.3. The Morgan fingerprint density at radius 1 is 0.727 bits per heavy atom. The zero-order valence-electron chi connectivity index (χ0n) is 12.5. The average molecular weight is 296 g/mol. The van der Waals surface area contributed by atoms with Gasteiger partial charge in [0.25, 0.3) is 0 Å². The molecule has 2 aliphatic rings. The molecule has 2 aromatic carbocycles. The fraction of sp³-hybridized carbons (Fsp3) is 0.222. The van der Waals surface area contributed by atoms with Crippen molar-refractivity contribution in [3.63, 3.8) is 0 Å². The lowest BCUT2D eigenvalue weighted by molar-refractivity contribution is 0.0526. The molecule has 0 unspecified atom stereocenters. The molecule has 4 heteroatoms. The molecule has 2 aromatic rings. The highest BCUT2D eigenvalue weighted by atomic mass is 16.5. The van der Waals surface area contributed by atoms with Gasteiger partial charge in [-0.3, -0.25) is 0 Å². The molecule has 4 rings (SSSR count). The lowest BCUT2D eigenvalue weighted by Gasteiger charge is -1.93. The Bertz CT molecular complexity index is 696. The summed E-state index contributed by atoms with van der Waals surface area (Å²) >= 11 is 0. The number of rotatable bonds is 0. The highest BCUT2D eigenvalue weighted by Crippen LogP contribution is 2.21. The van der Waals surface area contributed by atoms with E-state index in [0.717, 1.165) is 22.3 Å². The fourth-order valence-corrected chi connectivity index (χ4v) is 2.52. The number of carbonyl (C=O) groups excluding carboxylic acids is 2. The van der Waals surface area contributed by atoms with Crippen LogP contribution in [0.25, 0.3) is 0 Å². The van der Waals surface area contributed by atoms with Crippen LogP contribution in [-0.2, 0) is 22.7 Å². The quantitative estimate of drug-likeness (QED) is 0.700. The Morgan fingerprint density at radius 2 is 1.14 bits per heavy atom. The Labute approximate surface area is 128 Å². The van der Waals surface area contributed by atoms with E-state index in [-0.39, 0.29) is 11.9 Å². The van der Waals surface area contributed by atoms with Crippen LogP contribution in [0.1, 0.15) is 43.0 Å². The number of carbonyl (C=O) groups is 2. The predicted octanol–water partition coefficient (Wildman–Crippen LogP) is 3.33. The topological polar surface area (TPSA) is 52.6 Å².